The van der Waals surface area contributed by atoms with Crippen molar-refractivity contribution in [1.82, 2.24) is 4.90 Å². The number of hydrogen-bond donors (Lipinski definition) is 0. The maximum absolute atomic E-state index is 11.9. The Morgan fingerprint density at radius 1 is 1.32 bits per heavy atom. The average molecular weight is 263 g/mol. The van der Waals surface area contributed by atoms with E-state index in [-0.39, 0.29) is 11.8 Å². The van der Waals surface area contributed by atoms with E-state index >= 15 is 0 Å². The molecule has 1 aromatic carbocycles. The minimum Gasteiger partial charge on any atom is -0.497 e. The van der Waals surface area contributed by atoms with Gasteiger partial charge in [0.1, 0.15) is 18.1 Å². The molecule has 0 spiro atoms. The van der Waals surface area contributed by atoms with Crippen molar-refractivity contribution >= 4 is 5.91 Å². The Balaban J connectivity index is 1.71. The van der Waals surface area contributed by atoms with Gasteiger partial charge in [0.15, 0.2) is 0 Å². The molecule has 0 aliphatic heterocycles. The SMILES string of the molecule is COc1ccc(OCCN(C)C(=O)[C@@H]2C[C@@H]2C)cc1. The first kappa shape index (κ1) is 13.7. The van der Waals surface area contributed by atoms with Gasteiger partial charge in [0.2, 0.25) is 5.91 Å². The lowest BCUT2D eigenvalue weighted by Gasteiger charge is -2.17. The van der Waals surface area contributed by atoms with E-state index in [0.29, 0.717) is 19.1 Å². The summed E-state index contributed by atoms with van der Waals surface area (Å²) in [6.07, 6.45) is 1.03. The molecule has 1 aliphatic rings. The Labute approximate surface area is 114 Å². The van der Waals surface area contributed by atoms with Crippen LogP contribution in [0.3, 0.4) is 0 Å². The second-order valence-corrected chi connectivity index (χ2v) is 5.10. The third-order valence-electron chi connectivity index (χ3n) is 3.56. The van der Waals surface area contributed by atoms with Crippen LogP contribution < -0.4 is 9.47 Å². The predicted octanol–water partition coefficient (Wildman–Crippen LogP) is 2.19. The van der Waals surface area contributed by atoms with E-state index in [1.165, 1.54) is 0 Å². The third-order valence-corrected chi connectivity index (χ3v) is 3.56. The number of benzene rings is 1. The van der Waals surface area contributed by atoms with E-state index < -0.39 is 0 Å². The van der Waals surface area contributed by atoms with Crippen molar-refractivity contribution in [2.75, 3.05) is 27.3 Å². The van der Waals surface area contributed by atoms with Crippen LogP contribution in [0, 0.1) is 11.8 Å². The zero-order valence-electron chi connectivity index (χ0n) is 11.8. The minimum atomic E-state index is 0.242. The molecular formula is C15H21NO3. The Bertz CT molecular complexity index is 430. The second kappa shape index (κ2) is 5.95. The number of hydrogen-bond acceptors (Lipinski definition) is 3. The summed E-state index contributed by atoms with van der Waals surface area (Å²) in [5, 5.41) is 0. The molecule has 0 radical (unpaired) electrons. The Morgan fingerprint density at radius 3 is 2.42 bits per heavy atom. The van der Waals surface area contributed by atoms with Crippen LogP contribution in [0.25, 0.3) is 0 Å². The van der Waals surface area contributed by atoms with E-state index in [9.17, 15) is 4.79 Å². The molecule has 2 atom stereocenters. The molecule has 0 aromatic heterocycles. The van der Waals surface area contributed by atoms with Crippen LogP contribution in [0.15, 0.2) is 24.3 Å². The highest BCUT2D eigenvalue weighted by molar-refractivity contribution is 5.81. The lowest BCUT2D eigenvalue weighted by Crippen LogP contribution is -2.32. The van der Waals surface area contributed by atoms with Gasteiger partial charge in [0.25, 0.3) is 0 Å². The van der Waals surface area contributed by atoms with Crippen molar-refractivity contribution in [3.05, 3.63) is 24.3 Å². The van der Waals surface area contributed by atoms with Gasteiger partial charge < -0.3 is 14.4 Å². The molecule has 0 heterocycles. The van der Waals surface area contributed by atoms with Crippen LogP contribution in [0.4, 0.5) is 0 Å². The number of likely N-dealkylation sites (N-methyl/N-ethyl adjacent to an activating group) is 1. The molecule has 4 heteroatoms. The smallest absolute Gasteiger partial charge is 0.225 e. The lowest BCUT2D eigenvalue weighted by molar-refractivity contribution is -0.131. The minimum absolute atomic E-state index is 0.242. The van der Waals surface area contributed by atoms with E-state index in [1.54, 1.807) is 12.0 Å². The molecular weight excluding hydrogens is 242 g/mol. The molecule has 4 nitrogen and oxygen atoms in total. The number of amides is 1. The molecule has 19 heavy (non-hydrogen) atoms. The molecule has 1 amide bonds. The van der Waals surface area contributed by atoms with Crippen LogP contribution in [0.5, 0.6) is 11.5 Å². The topological polar surface area (TPSA) is 38.8 Å². The summed E-state index contributed by atoms with van der Waals surface area (Å²) in [4.78, 5) is 13.7. The largest absolute Gasteiger partial charge is 0.497 e. The van der Waals surface area contributed by atoms with Crippen LogP contribution in [0.1, 0.15) is 13.3 Å². The van der Waals surface area contributed by atoms with Gasteiger partial charge in [0, 0.05) is 13.0 Å². The van der Waals surface area contributed by atoms with E-state index in [1.807, 2.05) is 31.3 Å². The van der Waals surface area contributed by atoms with Gasteiger partial charge >= 0.3 is 0 Å². The van der Waals surface area contributed by atoms with E-state index in [2.05, 4.69) is 6.92 Å². The van der Waals surface area contributed by atoms with Crippen LogP contribution in [0.2, 0.25) is 0 Å². The first-order valence-corrected chi connectivity index (χ1v) is 6.63. The first-order valence-electron chi connectivity index (χ1n) is 6.63. The van der Waals surface area contributed by atoms with E-state index in [4.69, 9.17) is 9.47 Å². The normalized spacial score (nSPS) is 20.8. The summed E-state index contributed by atoms with van der Waals surface area (Å²) in [7, 11) is 3.47. The third kappa shape index (κ3) is 3.63. The quantitative estimate of drug-likeness (QED) is 0.789. The van der Waals surface area contributed by atoms with Crippen molar-refractivity contribution < 1.29 is 14.3 Å². The average Bonchev–Trinajstić information content (AvgIpc) is 3.15. The lowest BCUT2D eigenvalue weighted by atomic mass is 10.3. The highest BCUT2D eigenvalue weighted by atomic mass is 16.5. The summed E-state index contributed by atoms with van der Waals surface area (Å²) in [6.45, 7) is 3.24. The monoisotopic (exact) mass is 263 g/mol. The number of nitrogens with zero attached hydrogens (tertiary/aromatic N) is 1. The molecule has 1 saturated carbocycles. The molecule has 104 valence electrons. The Hall–Kier alpha value is -1.71. The standard InChI is InChI=1S/C15H21NO3/c1-11-10-14(11)15(17)16(2)8-9-19-13-6-4-12(18-3)5-7-13/h4-7,11,14H,8-10H2,1-3H3/t11-,14+/m0/s1. The zero-order valence-corrected chi connectivity index (χ0v) is 11.8. The van der Waals surface area contributed by atoms with Crippen LogP contribution in [-0.4, -0.2) is 38.1 Å². The van der Waals surface area contributed by atoms with Gasteiger partial charge in [-0.3, -0.25) is 4.79 Å². The van der Waals surface area contributed by atoms with Crippen molar-refractivity contribution in [1.29, 1.82) is 0 Å². The predicted molar refractivity (Wildman–Crippen MR) is 73.4 cm³/mol. The summed E-state index contributed by atoms with van der Waals surface area (Å²) in [5.41, 5.74) is 0. The fraction of sp³-hybridized carbons (Fsp3) is 0.533. The second-order valence-electron chi connectivity index (χ2n) is 5.10. The van der Waals surface area contributed by atoms with Crippen LogP contribution >= 0.6 is 0 Å². The summed E-state index contributed by atoms with van der Waals surface area (Å²) in [5.74, 6) is 2.64. The zero-order chi connectivity index (χ0) is 13.8. The van der Waals surface area contributed by atoms with Gasteiger partial charge in [-0.05, 0) is 36.6 Å². The number of carbonyl (C=O) groups is 1. The van der Waals surface area contributed by atoms with Crippen molar-refractivity contribution in [2.24, 2.45) is 11.8 Å². The fourth-order valence-corrected chi connectivity index (χ4v) is 2.03. The molecule has 1 aromatic rings. The molecule has 1 fully saturated rings. The number of rotatable bonds is 6. The molecule has 0 saturated heterocycles. The molecule has 2 rings (SSSR count). The van der Waals surface area contributed by atoms with Crippen molar-refractivity contribution in [2.45, 2.75) is 13.3 Å². The van der Waals surface area contributed by atoms with Crippen molar-refractivity contribution in [3.8, 4) is 11.5 Å². The van der Waals surface area contributed by atoms with Gasteiger partial charge in [-0.25, -0.2) is 0 Å². The van der Waals surface area contributed by atoms with E-state index in [0.717, 1.165) is 17.9 Å². The van der Waals surface area contributed by atoms with Crippen LogP contribution in [-0.2, 0) is 4.79 Å². The number of ether oxygens (including phenoxy) is 2. The van der Waals surface area contributed by atoms with Gasteiger partial charge in [-0.1, -0.05) is 6.92 Å². The summed E-state index contributed by atoms with van der Waals surface area (Å²) in [6, 6.07) is 7.44. The molecule has 0 bridgehead atoms. The number of methoxy groups -OCH3 is 1. The summed E-state index contributed by atoms with van der Waals surface area (Å²) < 4.78 is 10.7. The highest BCUT2D eigenvalue weighted by Gasteiger charge is 2.40. The number of carbonyl (C=O) groups excluding carboxylic acids is 1. The molecule has 0 N–H and O–H groups in total. The molecule has 0 unspecified atom stereocenters. The molecule has 1 aliphatic carbocycles. The fourth-order valence-electron chi connectivity index (χ4n) is 2.03. The maximum Gasteiger partial charge on any atom is 0.225 e. The first-order chi connectivity index (χ1) is 9.11. The maximum atomic E-state index is 11.9. The van der Waals surface area contributed by atoms with Gasteiger partial charge in [-0.15, -0.1) is 0 Å². The highest BCUT2D eigenvalue weighted by Crippen LogP contribution is 2.38. The summed E-state index contributed by atoms with van der Waals surface area (Å²) >= 11 is 0. The Morgan fingerprint density at radius 2 is 1.89 bits per heavy atom. The van der Waals surface area contributed by atoms with Gasteiger partial charge in [0.05, 0.1) is 13.7 Å². The van der Waals surface area contributed by atoms with Crippen molar-refractivity contribution in [3.63, 3.8) is 0 Å². The van der Waals surface area contributed by atoms with Gasteiger partial charge in [-0.2, -0.15) is 0 Å². The Kier molecular flexibility index (Phi) is 4.30.